The number of aliphatic hydroxyl groups excluding tert-OH is 1. The third kappa shape index (κ3) is 4.31. The minimum Gasteiger partial charge on any atom is -0.393 e. The number of rotatable bonds is 6. The molecule has 1 atom stereocenters. The summed E-state index contributed by atoms with van der Waals surface area (Å²) in [6.07, 6.45) is 0.348. The molecule has 90 valence electrons. The molecule has 0 aliphatic rings. The Morgan fingerprint density at radius 3 is 2.56 bits per heavy atom. The Balaban J connectivity index is 2.58. The van der Waals surface area contributed by atoms with Gasteiger partial charge in [-0.3, -0.25) is 0 Å². The van der Waals surface area contributed by atoms with E-state index in [-0.39, 0.29) is 12.1 Å². The molecule has 0 radical (unpaired) electrons. The highest BCUT2D eigenvalue weighted by Gasteiger charge is 2.01. The smallest absolute Gasteiger partial charge is 0.223 e. The molecule has 0 aliphatic heterocycles. The first-order valence-electron chi connectivity index (χ1n) is 5.42. The van der Waals surface area contributed by atoms with E-state index in [1.54, 1.807) is 13.0 Å². The third-order valence-corrected chi connectivity index (χ3v) is 1.97. The number of hydrogen-bond donors (Lipinski definition) is 4. The maximum atomic E-state index is 9.11. The number of nitrogens with one attached hydrogen (secondary N) is 2. The van der Waals surface area contributed by atoms with Crippen LogP contribution in [0.4, 0.5) is 17.6 Å². The van der Waals surface area contributed by atoms with Crippen LogP contribution in [0, 0.1) is 0 Å². The molecule has 0 spiro atoms. The number of nitrogens with zero attached hydrogens (tertiary/aromatic N) is 2. The van der Waals surface area contributed by atoms with E-state index in [9.17, 15) is 0 Å². The van der Waals surface area contributed by atoms with Crippen LogP contribution in [-0.2, 0) is 0 Å². The Hall–Kier alpha value is -1.56. The van der Waals surface area contributed by atoms with E-state index in [0.29, 0.717) is 24.6 Å². The van der Waals surface area contributed by atoms with Crippen molar-refractivity contribution in [2.45, 2.75) is 26.4 Å². The van der Waals surface area contributed by atoms with Gasteiger partial charge in [0.2, 0.25) is 5.95 Å². The molecule has 6 nitrogen and oxygen atoms in total. The van der Waals surface area contributed by atoms with Crippen LogP contribution in [0.3, 0.4) is 0 Å². The molecule has 0 saturated carbocycles. The summed E-state index contributed by atoms with van der Waals surface area (Å²) in [6.45, 7) is 5.17. The topological polar surface area (TPSA) is 96.1 Å². The molecule has 0 amide bonds. The van der Waals surface area contributed by atoms with Crippen molar-refractivity contribution in [1.29, 1.82) is 0 Å². The van der Waals surface area contributed by atoms with E-state index in [1.807, 2.05) is 6.92 Å². The van der Waals surface area contributed by atoms with Crippen LogP contribution in [0.1, 0.15) is 20.3 Å². The lowest BCUT2D eigenvalue weighted by molar-refractivity contribution is 0.188. The van der Waals surface area contributed by atoms with Gasteiger partial charge in [-0.25, -0.2) is 0 Å². The lowest BCUT2D eigenvalue weighted by Crippen LogP contribution is -2.12. The van der Waals surface area contributed by atoms with Crippen molar-refractivity contribution < 1.29 is 5.11 Å². The molecule has 5 N–H and O–H groups in total. The summed E-state index contributed by atoms with van der Waals surface area (Å²) >= 11 is 0. The van der Waals surface area contributed by atoms with E-state index in [0.717, 1.165) is 6.54 Å². The maximum Gasteiger partial charge on any atom is 0.223 e. The molecule has 0 saturated heterocycles. The van der Waals surface area contributed by atoms with Crippen molar-refractivity contribution in [1.82, 2.24) is 9.97 Å². The Morgan fingerprint density at radius 2 is 2.00 bits per heavy atom. The second-order valence-electron chi connectivity index (χ2n) is 3.59. The Morgan fingerprint density at radius 1 is 1.38 bits per heavy atom. The normalized spacial score (nSPS) is 12.2. The number of anilines is 3. The molecular weight excluding hydrogens is 206 g/mol. The highest BCUT2D eigenvalue weighted by atomic mass is 16.3. The van der Waals surface area contributed by atoms with Crippen LogP contribution in [0.5, 0.6) is 0 Å². The van der Waals surface area contributed by atoms with Gasteiger partial charge in [0.15, 0.2) is 0 Å². The van der Waals surface area contributed by atoms with Gasteiger partial charge < -0.3 is 21.5 Å². The summed E-state index contributed by atoms with van der Waals surface area (Å²) in [5.41, 5.74) is 5.57. The highest BCUT2D eigenvalue weighted by molar-refractivity contribution is 5.50. The van der Waals surface area contributed by atoms with E-state index in [1.165, 1.54) is 0 Å². The second kappa shape index (κ2) is 6.12. The maximum absolute atomic E-state index is 9.11. The zero-order valence-corrected chi connectivity index (χ0v) is 9.70. The quantitative estimate of drug-likeness (QED) is 0.568. The molecule has 1 aromatic rings. The fourth-order valence-electron chi connectivity index (χ4n) is 1.24. The van der Waals surface area contributed by atoms with E-state index < -0.39 is 0 Å². The summed E-state index contributed by atoms with van der Waals surface area (Å²) < 4.78 is 0. The largest absolute Gasteiger partial charge is 0.393 e. The van der Waals surface area contributed by atoms with Gasteiger partial charge in [0, 0.05) is 19.2 Å². The molecule has 1 rings (SSSR count). The van der Waals surface area contributed by atoms with Gasteiger partial charge in [0.05, 0.1) is 6.10 Å². The predicted octanol–water partition coefficient (Wildman–Crippen LogP) is 0.673. The van der Waals surface area contributed by atoms with Gasteiger partial charge in [-0.1, -0.05) is 0 Å². The highest BCUT2D eigenvalue weighted by Crippen LogP contribution is 2.12. The number of hydrogen-bond acceptors (Lipinski definition) is 6. The van der Waals surface area contributed by atoms with Gasteiger partial charge in [-0.05, 0) is 20.3 Å². The molecule has 1 aromatic heterocycles. The molecule has 0 aliphatic carbocycles. The number of nitrogens with two attached hydrogens (primary N) is 1. The van der Waals surface area contributed by atoms with E-state index >= 15 is 0 Å². The predicted molar refractivity (Wildman–Crippen MR) is 65.4 cm³/mol. The third-order valence-electron chi connectivity index (χ3n) is 1.97. The number of aliphatic hydroxyl groups is 1. The molecule has 0 bridgehead atoms. The zero-order valence-electron chi connectivity index (χ0n) is 9.70. The van der Waals surface area contributed by atoms with E-state index in [2.05, 4.69) is 20.6 Å². The first kappa shape index (κ1) is 12.5. The average molecular weight is 225 g/mol. The Bertz CT molecular complexity index is 329. The molecule has 0 aromatic carbocycles. The van der Waals surface area contributed by atoms with Crippen molar-refractivity contribution >= 4 is 17.6 Å². The van der Waals surface area contributed by atoms with Crippen molar-refractivity contribution in [2.24, 2.45) is 0 Å². The van der Waals surface area contributed by atoms with Crippen LogP contribution in [-0.4, -0.2) is 34.3 Å². The van der Waals surface area contributed by atoms with E-state index in [4.69, 9.17) is 10.8 Å². The van der Waals surface area contributed by atoms with Crippen LogP contribution >= 0.6 is 0 Å². The monoisotopic (exact) mass is 225 g/mol. The Kier molecular flexibility index (Phi) is 4.78. The lowest BCUT2D eigenvalue weighted by atomic mass is 10.3. The summed E-state index contributed by atoms with van der Waals surface area (Å²) in [6, 6.07) is 1.79. The fourth-order valence-corrected chi connectivity index (χ4v) is 1.24. The minimum atomic E-state index is -0.320. The Labute approximate surface area is 95.3 Å². The SMILES string of the molecule is CCNc1cc(NCCC(C)O)nc(N)n1. The standard InChI is InChI=1S/C10H19N5O/c1-3-12-8-6-9(15-10(11)14-8)13-5-4-7(2)16/h6-7,16H,3-5H2,1-2H3,(H4,11,12,13,14,15). The van der Waals surface area contributed by atoms with Gasteiger partial charge >= 0.3 is 0 Å². The first-order valence-corrected chi connectivity index (χ1v) is 5.42. The van der Waals surface area contributed by atoms with Crippen LogP contribution in [0.15, 0.2) is 6.07 Å². The van der Waals surface area contributed by atoms with Crippen molar-refractivity contribution in [3.8, 4) is 0 Å². The molecule has 1 unspecified atom stereocenters. The zero-order chi connectivity index (χ0) is 12.0. The van der Waals surface area contributed by atoms with Crippen molar-refractivity contribution in [3.05, 3.63) is 6.07 Å². The lowest BCUT2D eigenvalue weighted by Gasteiger charge is -2.09. The van der Waals surface area contributed by atoms with Crippen molar-refractivity contribution in [2.75, 3.05) is 29.5 Å². The molecular formula is C10H19N5O. The number of nitrogen functional groups attached to an aromatic ring is 1. The first-order chi connectivity index (χ1) is 7.61. The van der Waals surface area contributed by atoms with Gasteiger partial charge in [-0.2, -0.15) is 9.97 Å². The molecule has 1 heterocycles. The van der Waals surface area contributed by atoms with Crippen LogP contribution < -0.4 is 16.4 Å². The van der Waals surface area contributed by atoms with Crippen molar-refractivity contribution in [3.63, 3.8) is 0 Å². The fraction of sp³-hybridized carbons (Fsp3) is 0.600. The minimum absolute atomic E-state index is 0.234. The van der Waals surface area contributed by atoms with Crippen LogP contribution in [0.25, 0.3) is 0 Å². The summed E-state index contributed by atoms with van der Waals surface area (Å²) in [7, 11) is 0. The summed E-state index contributed by atoms with van der Waals surface area (Å²) in [5.74, 6) is 1.61. The van der Waals surface area contributed by atoms with Crippen LogP contribution in [0.2, 0.25) is 0 Å². The van der Waals surface area contributed by atoms with Gasteiger partial charge in [0.1, 0.15) is 11.6 Å². The molecule has 16 heavy (non-hydrogen) atoms. The molecule has 6 heteroatoms. The van der Waals surface area contributed by atoms with Gasteiger partial charge in [0.25, 0.3) is 0 Å². The number of aromatic nitrogens is 2. The summed E-state index contributed by atoms with van der Waals surface area (Å²) in [5, 5.41) is 15.3. The summed E-state index contributed by atoms with van der Waals surface area (Å²) in [4.78, 5) is 8.08. The van der Waals surface area contributed by atoms with Gasteiger partial charge in [-0.15, -0.1) is 0 Å². The second-order valence-corrected chi connectivity index (χ2v) is 3.59. The molecule has 0 fully saturated rings. The average Bonchev–Trinajstić information content (AvgIpc) is 2.16.